The van der Waals surface area contributed by atoms with Crippen LogP contribution in [-0.4, -0.2) is 21.9 Å². The van der Waals surface area contributed by atoms with E-state index in [1.165, 1.54) is 18.5 Å². The number of nitrogens with one attached hydrogen (secondary N) is 1. The van der Waals surface area contributed by atoms with E-state index in [-0.39, 0.29) is 35.3 Å². The number of primary amides is 1. The molecule has 1 heterocycles. The fourth-order valence-electron chi connectivity index (χ4n) is 2.51. The number of amides is 1. The number of ether oxygens (including phenoxy) is 1. The largest absolute Gasteiger partial charge is 0.420 e. The molecule has 0 aliphatic rings. The standard InChI is InChI=1S/C17H21ClFN5O2/c1-3-13(24-9(2)6-14(21)25)11-4-5-12(18)16(15(11)19)26-17-22-7-10(20)8-23-17/h4-5,7-9,13,24H,3,6,20H2,1-2H3,(H2,21,25)/t9-,13-/m1/s1. The molecule has 2 atom stereocenters. The van der Waals surface area contributed by atoms with Gasteiger partial charge in [0.25, 0.3) is 0 Å². The average Bonchev–Trinajstić information content (AvgIpc) is 2.58. The van der Waals surface area contributed by atoms with Gasteiger partial charge in [0.15, 0.2) is 11.6 Å². The van der Waals surface area contributed by atoms with Crippen molar-refractivity contribution >= 4 is 23.2 Å². The van der Waals surface area contributed by atoms with Crippen molar-refractivity contribution in [3.05, 3.63) is 40.9 Å². The zero-order chi connectivity index (χ0) is 19.3. The molecule has 0 fully saturated rings. The van der Waals surface area contributed by atoms with E-state index in [0.717, 1.165) is 0 Å². The van der Waals surface area contributed by atoms with Crippen molar-refractivity contribution in [1.82, 2.24) is 15.3 Å². The van der Waals surface area contributed by atoms with Crippen LogP contribution in [0.15, 0.2) is 24.5 Å². The molecule has 1 aromatic heterocycles. The number of hydrogen-bond acceptors (Lipinski definition) is 6. The molecule has 0 spiro atoms. The van der Waals surface area contributed by atoms with Crippen LogP contribution in [0.1, 0.15) is 38.3 Å². The maximum atomic E-state index is 15.0. The monoisotopic (exact) mass is 381 g/mol. The molecular formula is C17H21ClFN5O2. The second-order valence-corrected chi connectivity index (χ2v) is 6.29. The quantitative estimate of drug-likeness (QED) is 0.647. The van der Waals surface area contributed by atoms with Crippen molar-refractivity contribution < 1.29 is 13.9 Å². The minimum atomic E-state index is -0.622. The number of nitrogens with zero attached hydrogens (tertiary/aromatic N) is 2. The number of rotatable bonds is 8. The number of halogens is 2. The Labute approximate surface area is 155 Å². The average molecular weight is 382 g/mol. The van der Waals surface area contributed by atoms with Crippen molar-refractivity contribution in [3.8, 4) is 11.8 Å². The molecule has 1 amide bonds. The summed E-state index contributed by atoms with van der Waals surface area (Å²) in [5, 5.41) is 3.28. The number of nitrogen functional groups attached to an aromatic ring is 1. The van der Waals surface area contributed by atoms with Gasteiger partial charge in [-0.1, -0.05) is 24.6 Å². The second-order valence-electron chi connectivity index (χ2n) is 5.88. The summed E-state index contributed by atoms with van der Waals surface area (Å²) in [6.45, 7) is 3.70. The number of benzene rings is 1. The maximum absolute atomic E-state index is 15.0. The van der Waals surface area contributed by atoms with Crippen molar-refractivity contribution in [2.24, 2.45) is 5.73 Å². The smallest absolute Gasteiger partial charge is 0.322 e. The SMILES string of the molecule is CC[C@@H](N[C@H](C)CC(N)=O)c1ccc(Cl)c(Oc2ncc(N)cn2)c1F. The lowest BCUT2D eigenvalue weighted by Gasteiger charge is -2.23. The third-order valence-corrected chi connectivity index (χ3v) is 3.99. The summed E-state index contributed by atoms with van der Waals surface area (Å²) in [5.41, 5.74) is 11.4. The van der Waals surface area contributed by atoms with Crippen LogP contribution in [0.5, 0.6) is 11.8 Å². The minimum absolute atomic E-state index is 0.0692. The fourth-order valence-corrected chi connectivity index (χ4v) is 2.70. The van der Waals surface area contributed by atoms with Crippen LogP contribution in [0, 0.1) is 5.82 Å². The van der Waals surface area contributed by atoms with Crippen LogP contribution < -0.4 is 21.5 Å². The van der Waals surface area contributed by atoms with Crippen LogP contribution in [0.4, 0.5) is 10.1 Å². The van der Waals surface area contributed by atoms with Crippen molar-refractivity contribution in [3.63, 3.8) is 0 Å². The topological polar surface area (TPSA) is 116 Å². The number of carbonyl (C=O) groups is 1. The Morgan fingerprint density at radius 1 is 1.38 bits per heavy atom. The highest BCUT2D eigenvalue weighted by Gasteiger charge is 2.22. The molecule has 2 rings (SSSR count). The first-order valence-corrected chi connectivity index (χ1v) is 8.47. The Morgan fingerprint density at radius 2 is 2.04 bits per heavy atom. The molecule has 26 heavy (non-hydrogen) atoms. The van der Waals surface area contributed by atoms with Gasteiger partial charge in [-0.05, 0) is 19.4 Å². The summed E-state index contributed by atoms with van der Waals surface area (Å²) in [5.74, 6) is -1.22. The van der Waals surface area contributed by atoms with E-state index in [2.05, 4.69) is 15.3 Å². The molecule has 2 aromatic rings. The highest BCUT2D eigenvalue weighted by atomic mass is 35.5. The van der Waals surface area contributed by atoms with Gasteiger partial charge < -0.3 is 21.5 Å². The van der Waals surface area contributed by atoms with Gasteiger partial charge in [0.05, 0.1) is 23.1 Å². The van der Waals surface area contributed by atoms with Gasteiger partial charge in [-0.3, -0.25) is 4.79 Å². The van der Waals surface area contributed by atoms with Gasteiger partial charge in [-0.2, -0.15) is 0 Å². The highest BCUT2D eigenvalue weighted by Crippen LogP contribution is 2.35. The van der Waals surface area contributed by atoms with Crippen LogP contribution in [0.3, 0.4) is 0 Å². The summed E-state index contributed by atoms with van der Waals surface area (Å²) in [6.07, 6.45) is 3.42. The highest BCUT2D eigenvalue weighted by molar-refractivity contribution is 6.32. The number of anilines is 1. The van der Waals surface area contributed by atoms with Crippen LogP contribution in [-0.2, 0) is 4.79 Å². The van der Waals surface area contributed by atoms with Crippen LogP contribution in [0.25, 0.3) is 0 Å². The molecule has 140 valence electrons. The van der Waals surface area contributed by atoms with Gasteiger partial charge in [0.2, 0.25) is 5.91 Å². The first kappa shape index (κ1) is 19.9. The number of carbonyl (C=O) groups excluding carboxylic acids is 1. The molecule has 7 nitrogen and oxygen atoms in total. The summed E-state index contributed by atoms with van der Waals surface area (Å²) in [4.78, 5) is 18.8. The van der Waals surface area contributed by atoms with E-state index in [4.69, 9.17) is 27.8 Å². The minimum Gasteiger partial charge on any atom is -0.420 e. The molecular weight excluding hydrogens is 361 g/mol. The Morgan fingerprint density at radius 3 is 2.62 bits per heavy atom. The first-order chi connectivity index (χ1) is 12.3. The predicted molar refractivity (Wildman–Crippen MR) is 97.4 cm³/mol. The molecule has 0 aliphatic carbocycles. The zero-order valence-corrected chi connectivity index (χ0v) is 15.3. The molecule has 0 bridgehead atoms. The Bertz CT molecular complexity index is 772. The molecule has 1 aromatic carbocycles. The van der Waals surface area contributed by atoms with Gasteiger partial charge in [-0.25, -0.2) is 14.4 Å². The number of hydrogen-bond donors (Lipinski definition) is 3. The molecule has 5 N–H and O–H groups in total. The van der Waals surface area contributed by atoms with E-state index in [9.17, 15) is 4.79 Å². The first-order valence-electron chi connectivity index (χ1n) is 8.09. The normalized spacial score (nSPS) is 13.2. The summed E-state index contributed by atoms with van der Waals surface area (Å²) < 4.78 is 20.4. The maximum Gasteiger partial charge on any atom is 0.322 e. The van der Waals surface area contributed by atoms with E-state index in [0.29, 0.717) is 17.7 Å². The second kappa shape index (κ2) is 8.77. The van der Waals surface area contributed by atoms with E-state index < -0.39 is 11.7 Å². The predicted octanol–water partition coefficient (Wildman–Crippen LogP) is 2.95. The molecule has 0 radical (unpaired) electrons. The zero-order valence-electron chi connectivity index (χ0n) is 14.5. The Hall–Kier alpha value is -2.45. The lowest BCUT2D eigenvalue weighted by molar-refractivity contribution is -0.118. The Kier molecular flexibility index (Phi) is 6.70. The lowest BCUT2D eigenvalue weighted by Crippen LogP contribution is -2.34. The Balaban J connectivity index is 2.28. The van der Waals surface area contributed by atoms with Gasteiger partial charge in [0, 0.05) is 24.1 Å². The van der Waals surface area contributed by atoms with Crippen molar-refractivity contribution in [1.29, 1.82) is 0 Å². The van der Waals surface area contributed by atoms with E-state index in [1.807, 2.05) is 6.92 Å². The molecule has 0 aliphatic heterocycles. The lowest BCUT2D eigenvalue weighted by atomic mass is 10.0. The molecule has 0 saturated heterocycles. The van der Waals surface area contributed by atoms with Gasteiger partial charge in [0.1, 0.15) is 0 Å². The number of aromatic nitrogens is 2. The van der Waals surface area contributed by atoms with Gasteiger partial charge in [-0.15, -0.1) is 0 Å². The fraction of sp³-hybridized carbons (Fsp3) is 0.353. The van der Waals surface area contributed by atoms with Crippen molar-refractivity contribution in [2.45, 2.75) is 38.8 Å². The van der Waals surface area contributed by atoms with Crippen LogP contribution >= 0.6 is 11.6 Å². The van der Waals surface area contributed by atoms with Crippen molar-refractivity contribution in [2.75, 3.05) is 5.73 Å². The molecule has 9 heteroatoms. The van der Waals surface area contributed by atoms with Crippen LogP contribution in [0.2, 0.25) is 5.02 Å². The molecule has 0 saturated carbocycles. The third-order valence-electron chi connectivity index (χ3n) is 3.70. The van der Waals surface area contributed by atoms with E-state index in [1.54, 1.807) is 13.0 Å². The number of nitrogens with two attached hydrogens (primary N) is 2. The summed E-state index contributed by atoms with van der Waals surface area (Å²) >= 11 is 6.08. The molecule has 0 unspecified atom stereocenters. The summed E-state index contributed by atoms with van der Waals surface area (Å²) in [7, 11) is 0. The summed E-state index contributed by atoms with van der Waals surface area (Å²) in [6, 6.07) is 2.48. The third kappa shape index (κ3) is 5.03. The van der Waals surface area contributed by atoms with E-state index >= 15 is 4.39 Å². The van der Waals surface area contributed by atoms with Gasteiger partial charge >= 0.3 is 6.01 Å².